The summed E-state index contributed by atoms with van der Waals surface area (Å²) in [7, 11) is 0. The molecule has 0 fully saturated rings. The molecule has 0 atom stereocenters. The Labute approximate surface area is 152 Å². The highest BCUT2D eigenvalue weighted by molar-refractivity contribution is 7.99. The number of aromatic nitrogens is 3. The molecule has 26 heavy (non-hydrogen) atoms. The van der Waals surface area contributed by atoms with Crippen LogP contribution in [0.3, 0.4) is 0 Å². The molecule has 0 amide bonds. The quantitative estimate of drug-likeness (QED) is 0.344. The third-order valence-electron chi connectivity index (χ3n) is 4.56. The summed E-state index contributed by atoms with van der Waals surface area (Å²) in [6, 6.07) is 21.1. The second-order valence-electron chi connectivity index (χ2n) is 6.04. The molecule has 6 nitrogen and oxygen atoms in total. The zero-order valence-corrected chi connectivity index (χ0v) is 14.3. The summed E-state index contributed by atoms with van der Waals surface area (Å²) in [5.74, 6) is 0. The fraction of sp³-hybridized carbons (Fsp3) is 0.0526. The van der Waals surface area contributed by atoms with Gasteiger partial charge in [0.05, 0.1) is 10.4 Å². The van der Waals surface area contributed by atoms with E-state index in [1.807, 2.05) is 28.9 Å². The van der Waals surface area contributed by atoms with Crippen molar-refractivity contribution in [2.45, 2.75) is 15.8 Å². The van der Waals surface area contributed by atoms with E-state index in [2.05, 4.69) is 34.6 Å². The Kier molecular flexibility index (Phi) is 3.29. The highest BCUT2D eigenvalue weighted by Gasteiger charge is 2.29. The summed E-state index contributed by atoms with van der Waals surface area (Å²) in [4.78, 5) is 13.0. The van der Waals surface area contributed by atoms with E-state index in [4.69, 9.17) is 0 Å². The topological polar surface area (TPSA) is 73.8 Å². The molecular formula is C19H12N4O2S. The van der Waals surface area contributed by atoms with Gasteiger partial charge in [0.25, 0.3) is 5.69 Å². The first kappa shape index (κ1) is 15.1. The second-order valence-corrected chi connectivity index (χ2v) is 7.13. The molecule has 3 aromatic carbocycles. The minimum absolute atomic E-state index is 0.0181. The third kappa shape index (κ3) is 2.21. The van der Waals surface area contributed by atoms with Crippen LogP contribution in [0.2, 0.25) is 0 Å². The van der Waals surface area contributed by atoms with Crippen LogP contribution in [0.25, 0.3) is 11.0 Å². The van der Waals surface area contributed by atoms with Crippen molar-refractivity contribution in [3.8, 4) is 0 Å². The molecule has 1 aromatic heterocycles. The number of nitro benzene ring substituents is 1. The normalized spacial score (nSPS) is 13.4. The van der Waals surface area contributed by atoms with Crippen LogP contribution >= 0.6 is 11.8 Å². The molecule has 0 saturated heterocycles. The SMILES string of the molecule is O=[N+]([O-])c1ccc2c(c1)nnn2C1c2ccccc2Sc2ccccc21. The van der Waals surface area contributed by atoms with E-state index < -0.39 is 4.92 Å². The Morgan fingerprint density at radius 3 is 2.27 bits per heavy atom. The van der Waals surface area contributed by atoms with Gasteiger partial charge in [0.1, 0.15) is 11.6 Å². The zero-order valence-electron chi connectivity index (χ0n) is 13.4. The van der Waals surface area contributed by atoms with Gasteiger partial charge in [0, 0.05) is 21.9 Å². The molecule has 5 rings (SSSR count). The van der Waals surface area contributed by atoms with Gasteiger partial charge < -0.3 is 0 Å². The first-order valence-electron chi connectivity index (χ1n) is 8.07. The number of nitrogens with zero attached hydrogens (tertiary/aromatic N) is 4. The maximum atomic E-state index is 11.0. The largest absolute Gasteiger partial charge is 0.271 e. The molecule has 7 heteroatoms. The molecule has 0 radical (unpaired) electrons. The lowest BCUT2D eigenvalue weighted by molar-refractivity contribution is -0.384. The van der Waals surface area contributed by atoms with E-state index in [1.54, 1.807) is 17.8 Å². The standard InChI is InChI=1S/C19H12N4O2S/c24-23(25)12-9-10-16-15(11-12)20-21-22(16)19-13-5-1-3-7-17(13)26-18-8-4-2-6-14(18)19/h1-11,19H. The third-order valence-corrected chi connectivity index (χ3v) is 5.74. The van der Waals surface area contributed by atoms with Crippen molar-refractivity contribution in [1.82, 2.24) is 15.0 Å². The van der Waals surface area contributed by atoms with E-state index in [1.165, 1.54) is 21.9 Å². The van der Waals surface area contributed by atoms with E-state index in [-0.39, 0.29) is 11.7 Å². The Hall–Kier alpha value is -3.19. The minimum atomic E-state index is -0.416. The van der Waals surface area contributed by atoms with Crippen molar-refractivity contribution in [2.75, 3.05) is 0 Å². The average Bonchev–Trinajstić information content (AvgIpc) is 3.09. The molecule has 0 saturated carbocycles. The molecule has 0 N–H and O–H groups in total. The lowest BCUT2D eigenvalue weighted by Gasteiger charge is -2.28. The van der Waals surface area contributed by atoms with Crippen LogP contribution < -0.4 is 0 Å². The number of hydrogen-bond donors (Lipinski definition) is 0. The second kappa shape index (κ2) is 5.67. The Morgan fingerprint density at radius 1 is 0.962 bits per heavy atom. The summed E-state index contributed by atoms with van der Waals surface area (Å²) in [6.45, 7) is 0. The van der Waals surface area contributed by atoms with Crippen molar-refractivity contribution in [1.29, 1.82) is 0 Å². The van der Waals surface area contributed by atoms with Crippen molar-refractivity contribution in [2.24, 2.45) is 0 Å². The minimum Gasteiger partial charge on any atom is -0.258 e. The van der Waals surface area contributed by atoms with Gasteiger partial charge in [-0.05, 0) is 29.3 Å². The smallest absolute Gasteiger partial charge is 0.258 e. The van der Waals surface area contributed by atoms with Gasteiger partial charge in [-0.3, -0.25) is 10.1 Å². The van der Waals surface area contributed by atoms with Gasteiger partial charge in [0.2, 0.25) is 0 Å². The van der Waals surface area contributed by atoms with E-state index in [9.17, 15) is 10.1 Å². The van der Waals surface area contributed by atoms with Crippen LogP contribution in [-0.4, -0.2) is 19.9 Å². The first-order chi connectivity index (χ1) is 12.7. The predicted molar refractivity (Wildman–Crippen MR) is 98.4 cm³/mol. The Morgan fingerprint density at radius 2 is 1.62 bits per heavy atom. The monoisotopic (exact) mass is 360 g/mol. The molecule has 0 bridgehead atoms. The molecule has 126 valence electrons. The highest BCUT2D eigenvalue weighted by Crippen LogP contribution is 2.46. The number of rotatable bonds is 2. The molecule has 1 aliphatic rings. The summed E-state index contributed by atoms with van der Waals surface area (Å²) >= 11 is 1.74. The summed E-state index contributed by atoms with van der Waals surface area (Å²) in [5, 5.41) is 19.6. The van der Waals surface area contributed by atoms with Crippen molar-refractivity contribution < 1.29 is 4.92 Å². The number of hydrogen-bond acceptors (Lipinski definition) is 5. The van der Waals surface area contributed by atoms with Crippen LogP contribution in [-0.2, 0) is 0 Å². The van der Waals surface area contributed by atoms with E-state index >= 15 is 0 Å². The molecule has 1 aliphatic heterocycles. The summed E-state index contributed by atoms with van der Waals surface area (Å²) < 4.78 is 1.86. The van der Waals surface area contributed by atoms with Crippen LogP contribution in [0.15, 0.2) is 76.5 Å². The van der Waals surface area contributed by atoms with Crippen LogP contribution in [0.4, 0.5) is 5.69 Å². The number of nitro groups is 1. The van der Waals surface area contributed by atoms with Crippen LogP contribution in [0.1, 0.15) is 17.2 Å². The lowest BCUT2D eigenvalue weighted by atomic mass is 9.97. The lowest BCUT2D eigenvalue weighted by Crippen LogP contribution is -2.18. The molecule has 2 heterocycles. The fourth-order valence-corrected chi connectivity index (χ4v) is 4.51. The highest BCUT2D eigenvalue weighted by atomic mass is 32.2. The molecule has 0 unspecified atom stereocenters. The summed E-state index contributed by atoms with van der Waals surface area (Å²) in [5.41, 5.74) is 3.62. The maximum absolute atomic E-state index is 11.0. The maximum Gasteiger partial charge on any atom is 0.271 e. The van der Waals surface area contributed by atoms with Gasteiger partial charge in [-0.1, -0.05) is 53.4 Å². The van der Waals surface area contributed by atoms with Gasteiger partial charge >= 0.3 is 0 Å². The number of benzene rings is 3. The van der Waals surface area contributed by atoms with E-state index in [0.717, 1.165) is 16.6 Å². The molecular weight excluding hydrogens is 348 g/mol. The van der Waals surface area contributed by atoms with Crippen molar-refractivity contribution in [3.05, 3.63) is 88.0 Å². The van der Waals surface area contributed by atoms with Gasteiger partial charge in [-0.15, -0.1) is 5.10 Å². The molecule has 0 spiro atoms. The Bertz CT molecular complexity index is 1130. The average molecular weight is 360 g/mol. The molecule has 4 aromatic rings. The van der Waals surface area contributed by atoms with Crippen molar-refractivity contribution in [3.63, 3.8) is 0 Å². The Balaban J connectivity index is 1.76. The molecule has 0 aliphatic carbocycles. The van der Waals surface area contributed by atoms with Crippen LogP contribution in [0, 0.1) is 10.1 Å². The summed E-state index contributed by atoms with van der Waals surface area (Å²) in [6.07, 6.45) is 0. The van der Waals surface area contributed by atoms with Gasteiger partial charge in [-0.2, -0.15) is 0 Å². The fourth-order valence-electron chi connectivity index (χ4n) is 3.38. The van der Waals surface area contributed by atoms with Gasteiger partial charge in [-0.25, -0.2) is 4.68 Å². The first-order valence-corrected chi connectivity index (χ1v) is 8.89. The zero-order chi connectivity index (χ0) is 17.7. The van der Waals surface area contributed by atoms with Gasteiger partial charge in [0.15, 0.2) is 0 Å². The van der Waals surface area contributed by atoms with Crippen LogP contribution in [0.5, 0.6) is 0 Å². The van der Waals surface area contributed by atoms with Crippen molar-refractivity contribution >= 4 is 28.5 Å². The number of non-ortho nitro benzene ring substituents is 1. The predicted octanol–water partition coefficient (Wildman–Crippen LogP) is 4.44. The van der Waals surface area contributed by atoms with E-state index in [0.29, 0.717) is 5.52 Å². The number of fused-ring (bicyclic) bond motifs is 3.